The normalized spacial score (nSPS) is 16.5. The van der Waals surface area contributed by atoms with Gasteiger partial charge in [0.05, 0.1) is 13.2 Å². The molecule has 140 valence electrons. The molecule has 1 atom stereocenters. The second-order valence-electron chi connectivity index (χ2n) is 5.80. The molecule has 0 radical (unpaired) electrons. The van der Waals surface area contributed by atoms with Crippen LogP contribution in [0.25, 0.3) is 0 Å². The van der Waals surface area contributed by atoms with E-state index in [0.29, 0.717) is 29.6 Å². The van der Waals surface area contributed by atoms with Crippen molar-refractivity contribution in [2.24, 2.45) is 0 Å². The number of carbonyl (C=O) groups is 1. The quantitative estimate of drug-likeness (QED) is 0.841. The molecule has 1 saturated heterocycles. The minimum absolute atomic E-state index is 0. The highest BCUT2D eigenvalue weighted by Gasteiger charge is 2.28. The highest BCUT2D eigenvalue weighted by Crippen LogP contribution is 2.27. The number of ether oxygens (including phenoxy) is 2. The van der Waals surface area contributed by atoms with Gasteiger partial charge in [-0.15, -0.1) is 12.4 Å². The monoisotopic (exact) mass is 396 g/mol. The van der Waals surface area contributed by atoms with Crippen molar-refractivity contribution < 1.29 is 14.3 Å². The van der Waals surface area contributed by atoms with E-state index in [9.17, 15) is 4.79 Å². The maximum absolute atomic E-state index is 12.7. The van der Waals surface area contributed by atoms with Gasteiger partial charge in [-0.1, -0.05) is 35.9 Å². The molecule has 5 nitrogen and oxygen atoms in total. The van der Waals surface area contributed by atoms with Crippen molar-refractivity contribution >= 4 is 29.9 Å². The molecule has 2 aromatic carbocycles. The predicted octanol–water partition coefficient (Wildman–Crippen LogP) is 3.32. The van der Waals surface area contributed by atoms with E-state index in [0.717, 1.165) is 12.1 Å². The van der Waals surface area contributed by atoms with Crippen LogP contribution in [0.2, 0.25) is 5.02 Å². The summed E-state index contributed by atoms with van der Waals surface area (Å²) in [4.78, 5) is 14.6. The second kappa shape index (κ2) is 9.67. The maximum atomic E-state index is 12.7. The molecule has 0 bridgehead atoms. The zero-order valence-electron chi connectivity index (χ0n) is 14.5. The maximum Gasteiger partial charge on any atom is 0.261 e. The van der Waals surface area contributed by atoms with Crippen molar-refractivity contribution in [1.82, 2.24) is 10.2 Å². The van der Waals surface area contributed by atoms with Gasteiger partial charge in [0.2, 0.25) is 0 Å². The topological polar surface area (TPSA) is 50.8 Å². The molecule has 0 spiro atoms. The molecule has 0 aliphatic carbocycles. The Morgan fingerprint density at radius 1 is 1.23 bits per heavy atom. The van der Waals surface area contributed by atoms with E-state index in [1.54, 1.807) is 19.2 Å². The summed E-state index contributed by atoms with van der Waals surface area (Å²) in [5.74, 6) is 1.12. The molecule has 7 heteroatoms. The average Bonchev–Trinajstić information content (AvgIpc) is 2.66. The summed E-state index contributed by atoms with van der Waals surface area (Å²) >= 11 is 6.10. The molecule has 1 N–H and O–H groups in total. The molecule has 26 heavy (non-hydrogen) atoms. The Bertz CT molecular complexity index is 742. The fourth-order valence-corrected chi connectivity index (χ4v) is 3.17. The number of amides is 1. The Balaban J connectivity index is 0.00000243. The van der Waals surface area contributed by atoms with E-state index in [2.05, 4.69) is 5.32 Å². The van der Waals surface area contributed by atoms with Crippen molar-refractivity contribution in [1.29, 1.82) is 0 Å². The Hall–Kier alpha value is -1.95. The number of halogens is 2. The van der Waals surface area contributed by atoms with Gasteiger partial charge in [0.1, 0.15) is 0 Å². The summed E-state index contributed by atoms with van der Waals surface area (Å²) in [6.07, 6.45) is 0. The first kappa shape index (κ1) is 20.4. The van der Waals surface area contributed by atoms with Crippen LogP contribution in [0.1, 0.15) is 11.6 Å². The van der Waals surface area contributed by atoms with E-state index in [4.69, 9.17) is 21.1 Å². The van der Waals surface area contributed by atoms with Crippen LogP contribution >= 0.6 is 24.0 Å². The SMILES string of the molecule is COc1ccccc1OCC(=O)N1CCNCC1c1cccc(Cl)c1.Cl. The number of carbonyl (C=O) groups excluding carboxylic acids is 1. The van der Waals surface area contributed by atoms with E-state index in [-0.39, 0.29) is 31.0 Å². The van der Waals surface area contributed by atoms with Crippen molar-refractivity contribution in [2.75, 3.05) is 33.4 Å². The molecule has 1 heterocycles. The van der Waals surface area contributed by atoms with Gasteiger partial charge in [-0.25, -0.2) is 0 Å². The number of rotatable bonds is 5. The van der Waals surface area contributed by atoms with Gasteiger partial charge in [0, 0.05) is 24.7 Å². The first-order chi connectivity index (χ1) is 12.2. The Morgan fingerprint density at radius 3 is 2.73 bits per heavy atom. The lowest BCUT2D eigenvalue weighted by molar-refractivity contribution is -0.136. The highest BCUT2D eigenvalue weighted by atomic mass is 35.5. The van der Waals surface area contributed by atoms with Crippen LogP contribution in [0.4, 0.5) is 0 Å². The van der Waals surface area contributed by atoms with Crippen molar-refractivity contribution in [3.8, 4) is 11.5 Å². The number of hydrogen-bond donors (Lipinski definition) is 1. The third-order valence-electron chi connectivity index (χ3n) is 4.22. The summed E-state index contributed by atoms with van der Waals surface area (Å²) < 4.78 is 10.9. The average molecular weight is 397 g/mol. The van der Waals surface area contributed by atoms with Gasteiger partial charge in [-0.2, -0.15) is 0 Å². The van der Waals surface area contributed by atoms with Crippen LogP contribution in [-0.4, -0.2) is 44.2 Å². The molecule has 3 rings (SSSR count). The summed E-state index contributed by atoms with van der Waals surface area (Å²) in [5.41, 5.74) is 1.02. The molecule has 0 aromatic heterocycles. The van der Waals surface area contributed by atoms with Gasteiger partial charge in [0.15, 0.2) is 18.1 Å². The third-order valence-corrected chi connectivity index (χ3v) is 4.45. The zero-order chi connectivity index (χ0) is 17.6. The van der Waals surface area contributed by atoms with Crippen molar-refractivity contribution in [2.45, 2.75) is 6.04 Å². The second-order valence-corrected chi connectivity index (χ2v) is 6.24. The van der Waals surface area contributed by atoms with E-state index in [1.165, 1.54) is 0 Å². The molecular weight excluding hydrogens is 375 g/mol. The summed E-state index contributed by atoms with van der Waals surface area (Å²) in [5, 5.41) is 4.00. The number of nitrogens with one attached hydrogen (secondary N) is 1. The minimum Gasteiger partial charge on any atom is -0.493 e. The third kappa shape index (κ3) is 4.81. The molecular formula is C19H22Cl2N2O3. The number of hydrogen-bond acceptors (Lipinski definition) is 4. The van der Waals surface area contributed by atoms with Crippen LogP contribution in [-0.2, 0) is 4.79 Å². The van der Waals surface area contributed by atoms with E-state index < -0.39 is 0 Å². The summed E-state index contributed by atoms with van der Waals surface area (Å²) in [7, 11) is 1.58. The van der Waals surface area contributed by atoms with Crippen molar-refractivity contribution in [3.05, 3.63) is 59.1 Å². The summed E-state index contributed by atoms with van der Waals surface area (Å²) in [6.45, 7) is 2.06. The van der Waals surface area contributed by atoms with Crippen LogP contribution in [0.5, 0.6) is 11.5 Å². The predicted molar refractivity (Wildman–Crippen MR) is 105 cm³/mol. The lowest BCUT2D eigenvalue weighted by atomic mass is 10.0. The zero-order valence-corrected chi connectivity index (χ0v) is 16.1. The molecule has 1 aliphatic heterocycles. The number of piperazine rings is 1. The first-order valence-electron chi connectivity index (χ1n) is 8.20. The van der Waals surface area contributed by atoms with Gasteiger partial charge >= 0.3 is 0 Å². The molecule has 1 aliphatic rings. The lowest BCUT2D eigenvalue weighted by Gasteiger charge is -2.36. The largest absolute Gasteiger partial charge is 0.493 e. The minimum atomic E-state index is -0.0580. The molecule has 2 aromatic rings. The van der Waals surface area contributed by atoms with Crippen LogP contribution in [0.3, 0.4) is 0 Å². The van der Waals surface area contributed by atoms with Crippen molar-refractivity contribution in [3.63, 3.8) is 0 Å². The van der Waals surface area contributed by atoms with Crippen LogP contribution < -0.4 is 14.8 Å². The molecule has 0 saturated carbocycles. The highest BCUT2D eigenvalue weighted by molar-refractivity contribution is 6.30. The fraction of sp³-hybridized carbons (Fsp3) is 0.316. The van der Waals surface area contributed by atoms with Crippen LogP contribution in [0.15, 0.2) is 48.5 Å². The number of methoxy groups -OCH3 is 1. The standard InChI is InChI=1S/C19H21ClN2O3.ClH/c1-24-17-7-2-3-8-18(17)25-13-19(23)22-10-9-21-12-16(22)14-5-4-6-15(20)11-14;/h2-8,11,16,21H,9-10,12-13H2,1H3;1H. The Kier molecular flexibility index (Phi) is 7.57. The van der Waals surface area contributed by atoms with Gasteiger partial charge in [-0.05, 0) is 29.8 Å². The van der Waals surface area contributed by atoms with Gasteiger partial charge in [-0.3, -0.25) is 4.79 Å². The first-order valence-corrected chi connectivity index (χ1v) is 8.58. The van der Waals surface area contributed by atoms with E-state index in [1.807, 2.05) is 41.3 Å². The number of para-hydroxylation sites is 2. The molecule has 1 fully saturated rings. The van der Waals surface area contributed by atoms with E-state index >= 15 is 0 Å². The Labute approximate surface area is 164 Å². The molecule has 1 unspecified atom stereocenters. The smallest absolute Gasteiger partial charge is 0.261 e. The molecule has 1 amide bonds. The van der Waals surface area contributed by atoms with Gasteiger partial charge in [0.25, 0.3) is 5.91 Å². The van der Waals surface area contributed by atoms with Crippen LogP contribution in [0, 0.1) is 0 Å². The number of nitrogens with zero attached hydrogens (tertiary/aromatic N) is 1. The summed E-state index contributed by atoms with van der Waals surface area (Å²) in [6, 6.07) is 14.9. The Morgan fingerprint density at radius 2 is 2.00 bits per heavy atom. The lowest BCUT2D eigenvalue weighted by Crippen LogP contribution is -2.50. The fourth-order valence-electron chi connectivity index (χ4n) is 2.97. The van der Waals surface area contributed by atoms with Gasteiger partial charge < -0.3 is 19.7 Å². The number of benzene rings is 2.